The Labute approximate surface area is 117 Å². The van der Waals surface area contributed by atoms with Crippen molar-refractivity contribution in [2.75, 3.05) is 25.6 Å². The molecule has 0 bridgehead atoms. The van der Waals surface area contributed by atoms with Gasteiger partial charge in [0.1, 0.15) is 5.69 Å². The molecular weight excluding hydrogens is 264 g/mol. The normalized spacial score (nSPS) is 9.90. The fourth-order valence-electron chi connectivity index (χ4n) is 1.58. The number of methoxy groups -OCH3 is 1. The maximum atomic E-state index is 11.2. The van der Waals surface area contributed by atoms with E-state index >= 15 is 0 Å². The van der Waals surface area contributed by atoms with Gasteiger partial charge >= 0.3 is 11.7 Å². The zero-order valence-corrected chi connectivity index (χ0v) is 11.5. The van der Waals surface area contributed by atoms with Crippen LogP contribution in [0.4, 0.5) is 11.4 Å². The molecule has 1 aromatic carbocycles. The molecular formula is C13H18N2O5. The number of carbonyl (C=O) groups is 1. The number of nitro groups is 1. The maximum Gasteiger partial charge on any atom is 0.333 e. The Morgan fingerprint density at radius 3 is 2.80 bits per heavy atom. The second-order valence-corrected chi connectivity index (χ2v) is 4.01. The van der Waals surface area contributed by atoms with Gasteiger partial charge in [-0.05, 0) is 18.6 Å². The number of nitro benzene ring substituents is 1. The molecule has 0 unspecified atom stereocenters. The van der Waals surface area contributed by atoms with Crippen molar-refractivity contribution in [1.29, 1.82) is 0 Å². The molecule has 7 heteroatoms. The fourth-order valence-corrected chi connectivity index (χ4v) is 1.58. The van der Waals surface area contributed by atoms with Crippen molar-refractivity contribution in [3.63, 3.8) is 0 Å². The van der Waals surface area contributed by atoms with Crippen LogP contribution >= 0.6 is 0 Å². The quantitative estimate of drug-likeness (QED) is 0.447. The van der Waals surface area contributed by atoms with Crippen molar-refractivity contribution in [2.24, 2.45) is 0 Å². The number of nitrogens with zero attached hydrogens (tertiary/aromatic N) is 1. The van der Waals surface area contributed by atoms with Crippen LogP contribution in [0.15, 0.2) is 18.2 Å². The molecule has 0 radical (unpaired) electrons. The third kappa shape index (κ3) is 4.42. The molecule has 0 saturated heterocycles. The van der Waals surface area contributed by atoms with Crippen molar-refractivity contribution < 1.29 is 19.2 Å². The van der Waals surface area contributed by atoms with Gasteiger partial charge in [0.25, 0.3) is 0 Å². The van der Waals surface area contributed by atoms with Crippen LogP contribution in [0.25, 0.3) is 0 Å². The van der Waals surface area contributed by atoms with Gasteiger partial charge in [-0.3, -0.25) is 14.9 Å². The second-order valence-electron chi connectivity index (χ2n) is 4.01. The van der Waals surface area contributed by atoms with Crippen LogP contribution in [-0.4, -0.2) is 31.2 Å². The molecule has 0 spiro atoms. The molecule has 1 N–H and O–H groups in total. The van der Waals surface area contributed by atoms with Crippen LogP contribution in [0.3, 0.4) is 0 Å². The number of benzene rings is 1. The summed E-state index contributed by atoms with van der Waals surface area (Å²) in [5, 5.41) is 14.0. The smallest absolute Gasteiger partial charge is 0.333 e. The number of carbonyl (C=O) groups excluding carboxylic acids is 1. The molecule has 1 rings (SSSR count). The molecule has 110 valence electrons. The van der Waals surface area contributed by atoms with Crippen molar-refractivity contribution in [3.05, 3.63) is 28.3 Å². The molecule has 0 fully saturated rings. The number of esters is 1. The van der Waals surface area contributed by atoms with Gasteiger partial charge in [-0.25, -0.2) is 0 Å². The number of hydrogen-bond acceptors (Lipinski definition) is 6. The second kappa shape index (κ2) is 7.98. The summed E-state index contributed by atoms with van der Waals surface area (Å²) in [4.78, 5) is 21.7. The summed E-state index contributed by atoms with van der Waals surface area (Å²) in [6, 6.07) is 4.80. The SMILES string of the molecule is CCCOc1cccc(NCCC(=O)OC)c1[N+](=O)[O-]. The number of hydrogen-bond donors (Lipinski definition) is 1. The summed E-state index contributed by atoms with van der Waals surface area (Å²) in [7, 11) is 1.30. The minimum absolute atomic E-state index is 0.120. The molecule has 0 aliphatic rings. The zero-order valence-electron chi connectivity index (χ0n) is 11.5. The van der Waals surface area contributed by atoms with Crippen molar-refractivity contribution in [3.8, 4) is 5.75 Å². The molecule has 0 amide bonds. The summed E-state index contributed by atoms with van der Waals surface area (Å²) in [6.07, 6.45) is 0.894. The Balaban J connectivity index is 2.83. The van der Waals surface area contributed by atoms with E-state index in [9.17, 15) is 14.9 Å². The van der Waals surface area contributed by atoms with Crippen LogP contribution in [0.1, 0.15) is 19.8 Å². The van der Waals surface area contributed by atoms with Crippen LogP contribution in [0, 0.1) is 10.1 Å². The Hall–Kier alpha value is -2.31. The zero-order chi connectivity index (χ0) is 15.0. The Morgan fingerprint density at radius 1 is 1.45 bits per heavy atom. The topological polar surface area (TPSA) is 90.7 Å². The third-order valence-electron chi connectivity index (χ3n) is 2.52. The first-order valence-electron chi connectivity index (χ1n) is 6.31. The van der Waals surface area contributed by atoms with Crippen molar-refractivity contribution >= 4 is 17.3 Å². The first-order valence-corrected chi connectivity index (χ1v) is 6.31. The molecule has 0 aromatic heterocycles. The molecule has 0 aliphatic heterocycles. The van der Waals surface area contributed by atoms with E-state index in [0.717, 1.165) is 6.42 Å². The van der Waals surface area contributed by atoms with Gasteiger partial charge in [0.2, 0.25) is 0 Å². The molecule has 0 aliphatic carbocycles. The highest BCUT2D eigenvalue weighted by atomic mass is 16.6. The number of rotatable bonds is 8. The van der Waals surface area contributed by atoms with Crippen molar-refractivity contribution in [1.82, 2.24) is 0 Å². The fraction of sp³-hybridized carbons (Fsp3) is 0.462. The van der Waals surface area contributed by atoms with E-state index in [1.807, 2.05) is 6.92 Å². The largest absolute Gasteiger partial charge is 0.487 e. The molecule has 20 heavy (non-hydrogen) atoms. The average molecular weight is 282 g/mol. The lowest BCUT2D eigenvalue weighted by atomic mass is 10.2. The monoisotopic (exact) mass is 282 g/mol. The summed E-state index contributed by atoms with van der Waals surface area (Å²) >= 11 is 0. The number of ether oxygens (including phenoxy) is 2. The lowest BCUT2D eigenvalue weighted by Crippen LogP contribution is -2.11. The van der Waals surface area contributed by atoms with Crippen LogP contribution < -0.4 is 10.1 Å². The van der Waals surface area contributed by atoms with E-state index in [1.54, 1.807) is 18.2 Å². The Kier molecular flexibility index (Phi) is 6.28. The molecule has 0 atom stereocenters. The summed E-state index contributed by atoms with van der Waals surface area (Å²) in [5.74, 6) is -0.154. The highest BCUT2D eigenvalue weighted by Crippen LogP contribution is 2.34. The lowest BCUT2D eigenvalue weighted by Gasteiger charge is -2.10. The maximum absolute atomic E-state index is 11.2. The highest BCUT2D eigenvalue weighted by molar-refractivity contribution is 5.71. The lowest BCUT2D eigenvalue weighted by molar-refractivity contribution is -0.385. The molecule has 0 saturated carbocycles. The number of para-hydroxylation sites is 1. The number of anilines is 1. The van der Waals surface area contributed by atoms with Gasteiger partial charge in [0.05, 0.1) is 25.1 Å². The first kappa shape index (κ1) is 15.7. The van der Waals surface area contributed by atoms with E-state index in [1.165, 1.54) is 7.11 Å². The van der Waals surface area contributed by atoms with Gasteiger partial charge in [-0.15, -0.1) is 0 Å². The summed E-state index contributed by atoms with van der Waals surface area (Å²) in [5.41, 5.74) is 0.207. The van der Waals surface area contributed by atoms with E-state index < -0.39 is 4.92 Å². The van der Waals surface area contributed by atoms with E-state index in [4.69, 9.17) is 4.74 Å². The average Bonchev–Trinajstić information content (AvgIpc) is 2.44. The van der Waals surface area contributed by atoms with Gasteiger partial charge in [0.15, 0.2) is 5.75 Å². The van der Waals surface area contributed by atoms with E-state index in [0.29, 0.717) is 12.3 Å². The summed E-state index contributed by atoms with van der Waals surface area (Å²) in [6.45, 7) is 2.58. The van der Waals surface area contributed by atoms with Crippen molar-refractivity contribution in [2.45, 2.75) is 19.8 Å². The van der Waals surface area contributed by atoms with Gasteiger partial charge in [-0.1, -0.05) is 13.0 Å². The first-order chi connectivity index (χ1) is 9.60. The van der Waals surface area contributed by atoms with Gasteiger partial charge in [0, 0.05) is 6.54 Å². The molecule has 1 aromatic rings. The molecule has 7 nitrogen and oxygen atoms in total. The minimum Gasteiger partial charge on any atom is -0.487 e. The van der Waals surface area contributed by atoms with E-state index in [2.05, 4.69) is 10.1 Å². The van der Waals surface area contributed by atoms with Crippen LogP contribution in [0.5, 0.6) is 5.75 Å². The van der Waals surface area contributed by atoms with Crippen LogP contribution in [0.2, 0.25) is 0 Å². The van der Waals surface area contributed by atoms with Gasteiger partial charge in [-0.2, -0.15) is 0 Å². The highest BCUT2D eigenvalue weighted by Gasteiger charge is 2.20. The predicted octanol–water partition coefficient (Wildman–Crippen LogP) is 2.36. The van der Waals surface area contributed by atoms with Crippen LogP contribution in [-0.2, 0) is 9.53 Å². The Bertz CT molecular complexity index is 476. The number of nitrogens with one attached hydrogen (secondary N) is 1. The standard InChI is InChI=1S/C13H18N2O5/c1-3-9-20-11-6-4-5-10(13(11)15(17)18)14-8-7-12(16)19-2/h4-6,14H,3,7-9H2,1-2H3. The summed E-state index contributed by atoms with van der Waals surface area (Å²) < 4.78 is 9.87. The van der Waals surface area contributed by atoms with Gasteiger partial charge < -0.3 is 14.8 Å². The minimum atomic E-state index is -0.495. The molecule has 0 heterocycles. The van der Waals surface area contributed by atoms with E-state index in [-0.39, 0.29) is 30.4 Å². The Morgan fingerprint density at radius 2 is 2.20 bits per heavy atom. The predicted molar refractivity (Wildman–Crippen MR) is 74.0 cm³/mol. The third-order valence-corrected chi connectivity index (χ3v) is 2.52.